The lowest BCUT2D eigenvalue weighted by Crippen LogP contribution is -2.40. The van der Waals surface area contributed by atoms with Gasteiger partial charge in [0.05, 0.1) is 21.1 Å². The van der Waals surface area contributed by atoms with Gasteiger partial charge in [-0.25, -0.2) is 13.5 Å². The van der Waals surface area contributed by atoms with Crippen LogP contribution in [0.5, 0.6) is 0 Å². The first-order valence-electron chi connectivity index (χ1n) is 3.29. The van der Waals surface area contributed by atoms with Gasteiger partial charge in [-0.3, -0.25) is 0 Å². The van der Waals surface area contributed by atoms with Crippen LogP contribution in [0.15, 0.2) is 0 Å². The molecule has 0 heterocycles. The third-order valence-electron chi connectivity index (χ3n) is 0.943. The van der Waals surface area contributed by atoms with E-state index in [4.69, 9.17) is 9.79 Å². The summed E-state index contributed by atoms with van der Waals surface area (Å²) in [4.78, 5) is 16.5. The van der Waals surface area contributed by atoms with Gasteiger partial charge in [0.1, 0.15) is 6.54 Å². The lowest BCUT2D eigenvalue weighted by atomic mass is 10.5. The molecule has 0 spiro atoms. The van der Waals surface area contributed by atoms with Crippen molar-refractivity contribution < 1.29 is 27.7 Å². The fraction of sp³-hybridized carbons (Fsp3) is 1.00. The van der Waals surface area contributed by atoms with E-state index in [0.29, 0.717) is 0 Å². The maximum absolute atomic E-state index is 12.7. The molecule has 0 aromatic heterocycles. The minimum absolute atomic E-state index is 0.106. The number of quaternary nitrogens is 1. The van der Waals surface area contributed by atoms with Crippen molar-refractivity contribution in [2.75, 3.05) is 27.7 Å². The van der Waals surface area contributed by atoms with Gasteiger partial charge in [0.15, 0.2) is 0 Å². The average molecular weight is 202 g/mol. The normalized spacial score (nSPS) is 16.2. The third-order valence-corrected chi connectivity index (χ3v) is 1.45. The third kappa shape index (κ3) is 8.10. The molecule has 0 aromatic rings. The lowest BCUT2D eigenvalue weighted by molar-refractivity contribution is -0.875. The van der Waals surface area contributed by atoms with Crippen LogP contribution in [0.4, 0.5) is 4.39 Å². The van der Waals surface area contributed by atoms with Crippen LogP contribution in [-0.4, -0.2) is 48.3 Å². The van der Waals surface area contributed by atoms with Crippen LogP contribution in [0.2, 0.25) is 0 Å². The average Bonchev–Trinajstić information content (AvgIpc) is 1.49. The maximum atomic E-state index is 12.7. The zero-order chi connectivity index (χ0) is 9.99. The highest BCUT2D eigenvalue weighted by Gasteiger charge is 2.26. The first-order chi connectivity index (χ1) is 5.10. The molecule has 0 fully saturated rings. The van der Waals surface area contributed by atoms with Gasteiger partial charge in [-0.1, -0.05) is 0 Å². The van der Waals surface area contributed by atoms with E-state index in [-0.39, 0.29) is 11.0 Å². The van der Waals surface area contributed by atoms with Crippen LogP contribution in [-0.2, 0) is 9.09 Å². The first kappa shape index (κ1) is 12.0. The van der Waals surface area contributed by atoms with Crippen molar-refractivity contribution in [3.8, 4) is 0 Å². The van der Waals surface area contributed by atoms with Crippen LogP contribution in [0.1, 0.15) is 0 Å². The van der Waals surface area contributed by atoms with E-state index in [9.17, 15) is 8.96 Å². The fourth-order valence-electron chi connectivity index (χ4n) is 0.613. The highest BCUT2D eigenvalue weighted by molar-refractivity contribution is 7.46. The van der Waals surface area contributed by atoms with Crippen molar-refractivity contribution in [3.63, 3.8) is 0 Å². The summed E-state index contributed by atoms with van der Waals surface area (Å²) in [5.74, 6) is 0. The second-order valence-electron chi connectivity index (χ2n) is 3.48. The Labute approximate surface area is 70.6 Å². The molecule has 0 radical (unpaired) electrons. The molecule has 0 bridgehead atoms. The Bertz CT molecular complexity index is 186. The molecule has 0 saturated carbocycles. The van der Waals surface area contributed by atoms with Crippen molar-refractivity contribution in [3.05, 3.63) is 0 Å². The van der Waals surface area contributed by atoms with Crippen LogP contribution in [0.25, 0.3) is 0 Å². The van der Waals surface area contributed by atoms with Crippen LogP contribution < -0.4 is 0 Å². The molecule has 0 aliphatic rings. The lowest BCUT2D eigenvalue weighted by Gasteiger charge is -2.25. The van der Waals surface area contributed by atoms with Gasteiger partial charge < -0.3 is 14.3 Å². The number of phosphoric ester groups is 1. The zero-order valence-corrected chi connectivity index (χ0v) is 8.16. The Kier molecular flexibility index (Phi) is 3.81. The molecule has 0 aliphatic carbocycles. The van der Waals surface area contributed by atoms with E-state index >= 15 is 0 Å². The molecule has 2 N–H and O–H groups in total. The molecule has 5 nitrogen and oxygen atoms in total. The van der Waals surface area contributed by atoms with E-state index in [1.807, 2.05) is 0 Å². The van der Waals surface area contributed by atoms with Crippen LogP contribution in [0.3, 0.4) is 0 Å². The standard InChI is InChI=1S/C5H13FNO4P/c1-7(2,3)4-5(6)11-12(8,9)10/h5H,4H2,1-3H3,(H-,8,9,10)/p+1. The van der Waals surface area contributed by atoms with Gasteiger partial charge in [-0.05, 0) is 0 Å². The summed E-state index contributed by atoms with van der Waals surface area (Å²) in [6.45, 7) is -0.106. The van der Waals surface area contributed by atoms with Gasteiger partial charge in [0, 0.05) is 0 Å². The minimum atomic E-state index is -4.69. The second kappa shape index (κ2) is 3.81. The van der Waals surface area contributed by atoms with Crippen molar-refractivity contribution in [2.24, 2.45) is 0 Å². The summed E-state index contributed by atoms with van der Waals surface area (Å²) in [6.07, 6.45) is -1.94. The van der Waals surface area contributed by atoms with Gasteiger partial charge >= 0.3 is 7.82 Å². The Morgan fingerprint density at radius 3 is 2.17 bits per heavy atom. The smallest absolute Gasteiger partial charge is 0.326 e. The molecule has 0 amide bonds. The Morgan fingerprint density at radius 2 is 1.92 bits per heavy atom. The maximum Gasteiger partial charge on any atom is 0.472 e. The van der Waals surface area contributed by atoms with E-state index in [2.05, 4.69) is 4.52 Å². The van der Waals surface area contributed by atoms with Gasteiger partial charge in [0.2, 0.25) is 0 Å². The molecule has 74 valence electrons. The summed E-state index contributed by atoms with van der Waals surface area (Å²) in [5, 5.41) is 0. The number of hydrogen-bond donors (Lipinski definition) is 2. The SMILES string of the molecule is C[N+](C)(C)CC(F)OP(=O)(O)O. The molecule has 0 rings (SSSR count). The molecule has 7 heteroatoms. The molecular weight excluding hydrogens is 188 g/mol. The van der Waals surface area contributed by atoms with Crippen molar-refractivity contribution in [1.29, 1.82) is 0 Å². The largest absolute Gasteiger partial charge is 0.472 e. The Balaban J connectivity index is 3.91. The van der Waals surface area contributed by atoms with Crippen molar-refractivity contribution in [1.82, 2.24) is 0 Å². The van der Waals surface area contributed by atoms with E-state index in [1.165, 1.54) is 0 Å². The molecule has 0 saturated heterocycles. The van der Waals surface area contributed by atoms with E-state index in [1.54, 1.807) is 21.1 Å². The van der Waals surface area contributed by atoms with Crippen molar-refractivity contribution >= 4 is 7.82 Å². The van der Waals surface area contributed by atoms with Gasteiger partial charge in [0.25, 0.3) is 6.36 Å². The van der Waals surface area contributed by atoms with Crippen LogP contribution in [0, 0.1) is 0 Å². The number of likely N-dealkylation sites (N-methyl/N-ethyl adjacent to an activating group) is 1. The Hall–Kier alpha value is -0.0000000000000000416. The van der Waals surface area contributed by atoms with Gasteiger partial charge in [-0.15, -0.1) is 0 Å². The van der Waals surface area contributed by atoms with Crippen LogP contribution >= 0.6 is 7.82 Å². The highest BCUT2D eigenvalue weighted by Crippen LogP contribution is 2.38. The number of nitrogens with zero attached hydrogens (tertiary/aromatic N) is 1. The summed E-state index contributed by atoms with van der Waals surface area (Å²) >= 11 is 0. The topological polar surface area (TPSA) is 66.8 Å². The van der Waals surface area contributed by atoms with E-state index in [0.717, 1.165) is 0 Å². The zero-order valence-electron chi connectivity index (χ0n) is 7.27. The summed E-state index contributed by atoms with van der Waals surface area (Å²) in [6, 6.07) is 0. The fourth-order valence-corrected chi connectivity index (χ4v) is 0.978. The highest BCUT2D eigenvalue weighted by atomic mass is 31.2. The molecule has 12 heavy (non-hydrogen) atoms. The second-order valence-corrected chi connectivity index (χ2v) is 4.67. The molecule has 0 aliphatic heterocycles. The molecule has 1 atom stereocenters. The number of rotatable bonds is 4. The number of alkyl halides is 1. The number of halogens is 1. The quantitative estimate of drug-likeness (QED) is 0.501. The number of phosphoric acid groups is 1. The molecule has 0 aromatic carbocycles. The minimum Gasteiger partial charge on any atom is -0.326 e. The first-order valence-corrected chi connectivity index (χ1v) is 4.82. The summed E-state index contributed by atoms with van der Waals surface area (Å²) in [5.41, 5.74) is 0. The van der Waals surface area contributed by atoms with E-state index < -0.39 is 14.2 Å². The summed E-state index contributed by atoms with van der Waals surface area (Å²) in [7, 11) is 0.377. The predicted molar refractivity (Wildman–Crippen MR) is 40.9 cm³/mol. The monoisotopic (exact) mass is 202 g/mol. The van der Waals surface area contributed by atoms with Gasteiger partial charge in [-0.2, -0.15) is 0 Å². The predicted octanol–water partition coefficient (Wildman–Crippen LogP) is 0.0975. The number of hydrogen-bond acceptors (Lipinski definition) is 2. The summed E-state index contributed by atoms with van der Waals surface area (Å²) < 4.78 is 26.9. The molecular formula is C5H14FNO4P+. The molecule has 1 unspecified atom stereocenters. The Morgan fingerprint density at radius 1 is 1.50 bits per heavy atom. The van der Waals surface area contributed by atoms with Crippen molar-refractivity contribution in [2.45, 2.75) is 6.36 Å².